The molecule has 1 aliphatic carbocycles. The number of halogens is 1. The molecular weight excluding hydrogens is 570 g/mol. The Balaban J connectivity index is 1.56. The quantitative estimate of drug-likeness (QED) is 0.187. The summed E-state index contributed by atoms with van der Waals surface area (Å²) >= 11 is 6.16. The largest absolute Gasteiger partial charge is 0.492 e. The smallest absolute Gasteiger partial charge is 0.353 e. The topological polar surface area (TPSA) is 159 Å². The van der Waals surface area contributed by atoms with Crippen LogP contribution in [0, 0.1) is 0 Å². The number of nitrogens with one attached hydrogen (secondary N) is 1. The Bertz CT molecular complexity index is 1390. The lowest BCUT2D eigenvalue weighted by atomic mass is 9.58. The van der Waals surface area contributed by atoms with Crippen LogP contribution in [0.5, 0.6) is 5.75 Å². The second-order valence-electron chi connectivity index (χ2n) is 10.4. The molecule has 1 aliphatic heterocycles. The first-order valence-corrected chi connectivity index (χ1v) is 15.7. The van der Waals surface area contributed by atoms with Crippen LogP contribution in [0.2, 0.25) is 5.02 Å². The standard InChI is InChI=1S/C29H36ClN3O7S/c30-22-7-5-21(6-8-22)29(11-3-12-29)27-24-18-23(9-4-20(24)10-14-32-27)40-16-15-33(25(28(36)37)19-26(34)35)41(38,39)17-2-1-13-31/h4-9,18-19,27,32H,1-3,10-17,31H2,(H,34,35)(H,36,37)/b25-19-. The van der Waals surface area contributed by atoms with Crippen LogP contribution in [0.1, 0.15) is 54.8 Å². The van der Waals surface area contributed by atoms with E-state index in [2.05, 4.69) is 17.4 Å². The first-order valence-electron chi connectivity index (χ1n) is 13.7. The Hall–Kier alpha value is -3.12. The van der Waals surface area contributed by atoms with Crippen LogP contribution in [0.4, 0.5) is 0 Å². The summed E-state index contributed by atoms with van der Waals surface area (Å²) in [6, 6.07) is 13.9. The molecule has 4 rings (SSSR count). The van der Waals surface area contributed by atoms with Crippen LogP contribution in [0.15, 0.2) is 54.2 Å². The number of rotatable bonds is 14. The summed E-state index contributed by atoms with van der Waals surface area (Å²) in [5.41, 5.74) is 8.10. The highest BCUT2D eigenvalue weighted by Crippen LogP contribution is 2.53. The third-order valence-corrected chi connectivity index (χ3v) is 10.00. The number of carboxylic acid groups (broad SMARTS) is 2. The van der Waals surface area contributed by atoms with Gasteiger partial charge in [0.15, 0.2) is 0 Å². The molecule has 1 atom stereocenters. The van der Waals surface area contributed by atoms with Gasteiger partial charge in [0.25, 0.3) is 0 Å². The van der Waals surface area contributed by atoms with Crippen molar-refractivity contribution in [2.24, 2.45) is 5.73 Å². The van der Waals surface area contributed by atoms with E-state index in [0.29, 0.717) is 27.6 Å². The molecule has 0 amide bonds. The van der Waals surface area contributed by atoms with E-state index < -0.39 is 27.7 Å². The normalized spacial score (nSPS) is 18.2. The SMILES string of the molecule is NCCCCS(=O)(=O)N(CCOc1ccc2c(c1)C(C1(c3ccc(Cl)cc3)CCC1)NCC2)/C(=C\C(=O)O)C(=O)O. The highest BCUT2D eigenvalue weighted by atomic mass is 35.5. The highest BCUT2D eigenvalue weighted by Gasteiger charge is 2.47. The van der Waals surface area contributed by atoms with Crippen LogP contribution in [-0.2, 0) is 31.4 Å². The van der Waals surface area contributed by atoms with E-state index in [1.54, 1.807) is 0 Å². The van der Waals surface area contributed by atoms with Crippen molar-refractivity contribution in [2.75, 3.05) is 32.0 Å². The van der Waals surface area contributed by atoms with Crippen LogP contribution < -0.4 is 15.8 Å². The number of aliphatic carboxylic acids is 2. The van der Waals surface area contributed by atoms with Crippen molar-refractivity contribution in [3.63, 3.8) is 0 Å². The molecule has 41 heavy (non-hydrogen) atoms. The van der Waals surface area contributed by atoms with Crippen molar-refractivity contribution in [2.45, 2.75) is 50.0 Å². The van der Waals surface area contributed by atoms with Gasteiger partial charge in [0, 0.05) is 16.5 Å². The van der Waals surface area contributed by atoms with E-state index in [9.17, 15) is 23.1 Å². The second-order valence-corrected chi connectivity index (χ2v) is 12.9. The average Bonchev–Trinajstić information content (AvgIpc) is 2.90. The van der Waals surface area contributed by atoms with Crippen molar-refractivity contribution in [3.05, 3.63) is 76.0 Å². The third-order valence-electron chi connectivity index (χ3n) is 7.89. The molecule has 10 nitrogen and oxygen atoms in total. The van der Waals surface area contributed by atoms with Crippen LogP contribution in [0.3, 0.4) is 0 Å². The fourth-order valence-corrected chi connectivity index (χ4v) is 7.45. The van der Waals surface area contributed by atoms with Gasteiger partial charge < -0.3 is 26.0 Å². The fourth-order valence-electron chi connectivity index (χ4n) is 5.75. The lowest BCUT2D eigenvalue weighted by Crippen LogP contribution is -2.49. The number of nitrogens with two attached hydrogens (primary N) is 1. The summed E-state index contributed by atoms with van der Waals surface area (Å²) in [4.78, 5) is 23.1. The Morgan fingerprint density at radius 1 is 1.15 bits per heavy atom. The molecule has 0 aromatic heterocycles. The Morgan fingerprint density at radius 2 is 1.88 bits per heavy atom. The van der Waals surface area contributed by atoms with Crippen LogP contribution in [0.25, 0.3) is 0 Å². The van der Waals surface area contributed by atoms with E-state index >= 15 is 0 Å². The molecule has 222 valence electrons. The van der Waals surface area contributed by atoms with E-state index in [1.165, 1.54) is 11.1 Å². The lowest BCUT2D eigenvalue weighted by molar-refractivity contribution is -0.136. The van der Waals surface area contributed by atoms with Crippen molar-refractivity contribution in [1.29, 1.82) is 0 Å². The van der Waals surface area contributed by atoms with Crippen LogP contribution in [-0.4, -0.2) is 66.9 Å². The molecule has 2 aromatic carbocycles. The predicted octanol–water partition coefficient (Wildman–Crippen LogP) is 3.45. The number of ether oxygens (including phenoxy) is 1. The molecule has 2 aliphatic rings. The maximum absolute atomic E-state index is 13.0. The summed E-state index contributed by atoms with van der Waals surface area (Å²) in [6.45, 7) is 0.574. The van der Waals surface area contributed by atoms with Gasteiger partial charge in [-0.05, 0) is 86.1 Å². The predicted molar refractivity (Wildman–Crippen MR) is 156 cm³/mol. The van der Waals surface area contributed by atoms with Crippen molar-refractivity contribution >= 4 is 33.6 Å². The first kappa shape index (κ1) is 30.8. The maximum atomic E-state index is 13.0. The first-order chi connectivity index (χ1) is 19.6. The van der Waals surface area contributed by atoms with Gasteiger partial charge in [-0.1, -0.05) is 36.2 Å². The molecule has 1 unspecified atom stereocenters. The summed E-state index contributed by atoms with van der Waals surface area (Å²) in [5, 5.41) is 23.2. The molecule has 0 saturated heterocycles. The molecule has 1 heterocycles. The van der Waals surface area contributed by atoms with Gasteiger partial charge in [-0.2, -0.15) is 0 Å². The number of sulfonamides is 1. The molecule has 12 heteroatoms. The lowest BCUT2D eigenvalue weighted by Gasteiger charge is -2.50. The van der Waals surface area contributed by atoms with Gasteiger partial charge in [0.05, 0.1) is 18.4 Å². The van der Waals surface area contributed by atoms with Crippen molar-refractivity contribution in [1.82, 2.24) is 9.62 Å². The highest BCUT2D eigenvalue weighted by molar-refractivity contribution is 7.89. The summed E-state index contributed by atoms with van der Waals surface area (Å²) in [5.74, 6) is -3.08. The minimum absolute atomic E-state index is 0.0567. The molecular formula is C29H36ClN3O7S. The minimum Gasteiger partial charge on any atom is -0.492 e. The van der Waals surface area contributed by atoms with Crippen molar-refractivity contribution < 1.29 is 33.0 Å². The third kappa shape index (κ3) is 7.03. The molecule has 0 spiro atoms. The summed E-state index contributed by atoms with van der Waals surface area (Å²) in [7, 11) is -4.14. The van der Waals surface area contributed by atoms with E-state index in [-0.39, 0.29) is 43.3 Å². The molecule has 0 radical (unpaired) electrons. The number of unbranched alkanes of at least 4 members (excludes halogenated alkanes) is 1. The number of nitrogens with zero attached hydrogens (tertiary/aromatic N) is 1. The number of carboxylic acids is 2. The van der Waals surface area contributed by atoms with Gasteiger partial charge in [-0.15, -0.1) is 0 Å². The average molecular weight is 606 g/mol. The Morgan fingerprint density at radius 3 is 2.49 bits per heavy atom. The number of carbonyl (C=O) groups is 2. The number of fused-ring (bicyclic) bond motifs is 1. The molecule has 0 bridgehead atoms. The summed E-state index contributed by atoms with van der Waals surface area (Å²) < 4.78 is 32.6. The van der Waals surface area contributed by atoms with Gasteiger partial charge in [0.2, 0.25) is 10.0 Å². The zero-order chi connectivity index (χ0) is 29.6. The zero-order valence-electron chi connectivity index (χ0n) is 22.7. The van der Waals surface area contributed by atoms with E-state index in [4.69, 9.17) is 27.2 Å². The number of hydrogen-bond donors (Lipinski definition) is 4. The maximum Gasteiger partial charge on any atom is 0.353 e. The summed E-state index contributed by atoms with van der Waals surface area (Å²) in [6.07, 6.45) is 5.06. The van der Waals surface area contributed by atoms with E-state index in [0.717, 1.165) is 37.8 Å². The van der Waals surface area contributed by atoms with E-state index in [1.807, 2.05) is 30.3 Å². The molecule has 1 saturated carbocycles. The molecule has 2 aromatic rings. The monoisotopic (exact) mass is 605 g/mol. The Labute approximate surface area is 245 Å². The second kappa shape index (κ2) is 13.2. The number of hydrogen-bond acceptors (Lipinski definition) is 7. The molecule has 5 N–H and O–H groups in total. The van der Waals surface area contributed by atoms with Crippen molar-refractivity contribution in [3.8, 4) is 5.75 Å². The van der Waals surface area contributed by atoms with Crippen LogP contribution >= 0.6 is 11.6 Å². The molecule has 1 fully saturated rings. The van der Waals surface area contributed by atoms with Gasteiger partial charge >= 0.3 is 11.9 Å². The fraction of sp³-hybridized carbons (Fsp3) is 0.448. The number of benzene rings is 2. The van der Waals surface area contributed by atoms with Gasteiger partial charge in [-0.3, -0.25) is 4.31 Å². The van der Waals surface area contributed by atoms with Gasteiger partial charge in [0.1, 0.15) is 18.1 Å². The minimum atomic E-state index is -4.14. The zero-order valence-corrected chi connectivity index (χ0v) is 24.3. The van der Waals surface area contributed by atoms with Gasteiger partial charge in [-0.25, -0.2) is 18.0 Å². The Kier molecular flexibility index (Phi) is 9.96.